The van der Waals surface area contributed by atoms with Crippen LogP contribution in [0.5, 0.6) is 0 Å². The van der Waals surface area contributed by atoms with E-state index in [4.69, 9.17) is 11.6 Å². The van der Waals surface area contributed by atoms with Crippen molar-refractivity contribution in [2.45, 2.75) is 12.3 Å². The first-order chi connectivity index (χ1) is 13.7. The number of hydrogen-bond donors (Lipinski definition) is 2. The highest BCUT2D eigenvalue weighted by molar-refractivity contribution is 6.30. The van der Waals surface area contributed by atoms with E-state index in [2.05, 4.69) is 34.6 Å². The molecule has 0 aliphatic rings. The molecule has 3 nitrogen and oxygen atoms in total. The number of carbonyl (C=O) groups is 1. The summed E-state index contributed by atoms with van der Waals surface area (Å²) in [6.07, 6.45) is 2.39. The highest BCUT2D eigenvalue weighted by Gasteiger charge is 2.19. The molecule has 0 bridgehead atoms. The lowest BCUT2D eigenvalue weighted by Crippen LogP contribution is -2.30. The van der Waals surface area contributed by atoms with Crippen molar-refractivity contribution < 1.29 is 4.79 Å². The second kappa shape index (κ2) is 8.32. The van der Waals surface area contributed by atoms with Crippen molar-refractivity contribution >= 4 is 28.4 Å². The van der Waals surface area contributed by atoms with E-state index >= 15 is 0 Å². The van der Waals surface area contributed by atoms with Crippen molar-refractivity contribution in [2.75, 3.05) is 6.54 Å². The van der Waals surface area contributed by atoms with Crippen LogP contribution in [0.15, 0.2) is 85.1 Å². The van der Waals surface area contributed by atoms with Crippen molar-refractivity contribution in [3.8, 4) is 0 Å². The molecule has 0 aliphatic carbocycles. The Labute approximate surface area is 169 Å². The minimum atomic E-state index is 0.00287. The summed E-state index contributed by atoms with van der Waals surface area (Å²) >= 11 is 5.92. The van der Waals surface area contributed by atoms with Gasteiger partial charge in [-0.15, -0.1) is 0 Å². The predicted molar refractivity (Wildman–Crippen MR) is 115 cm³/mol. The molecule has 140 valence electrons. The molecular formula is C24H21ClN2O. The topological polar surface area (TPSA) is 44.9 Å². The van der Waals surface area contributed by atoms with Gasteiger partial charge in [0.2, 0.25) is 5.91 Å². The van der Waals surface area contributed by atoms with E-state index < -0.39 is 0 Å². The molecule has 4 rings (SSSR count). The minimum Gasteiger partial charge on any atom is -0.361 e. The molecule has 0 saturated carbocycles. The molecule has 1 unspecified atom stereocenters. The quantitative estimate of drug-likeness (QED) is 0.461. The van der Waals surface area contributed by atoms with Crippen LogP contribution in [0.3, 0.4) is 0 Å². The molecule has 0 saturated heterocycles. The van der Waals surface area contributed by atoms with E-state index in [1.807, 2.05) is 60.8 Å². The first kappa shape index (κ1) is 18.3. The summed E-state index contributed by atoms with van der Waals surface area (Å²) in [7, 11) is 0. The van der Waals surface area contributed by atoms with Crippen LogP contribution in [-0.4, -0.2) is 17.4 Å². The molecule has 4 aromatic rings. The maximum Gasteiger partial charge on any atom is 0.224 e. The summed E-state index contributed by atoms with van der Waals surface area (Å²) in [6, 6.07) is 25.9. The molecule has 0 aliphatic heterocycles. The Kier molecular flexibility index (Phi) is 5.45. The number of halogens is 1. The Morgan fingerprint density at radius 2 is 1.64 bits per heavy atom. The molecule has 0 fully saturated rings. The smallest absolute Gasteiger partial charge is 0.224 e. The van der Waals surface area contributed by atoms with E-state index in [1.54, 1.807) is 0 Å². The molecule has 4 heteroatoms. The summed E-state index contributed by atoms with van der Waals surface area (Å²) in [4.78, 5) is 15.9. The largest absolute Gasteiger partial charge is 0.361 e. The van der Waals surface area contributed by atoms with Crippen molar-refractivity contribution in [1.29, 1.82) is 0 Å². The molecule has 3 aromatic carbocycles. The van der Waals surface area contributed by atoms with Crippen LogP contribution in [0.4, 0.5) is 0 Å². The van der Waals surface area contributed by atoms with E-state index in [9.17, 15) is 4.79 Å². The SMILES string of the molecule is O=C(Cc1ccc(Cl)cc1)NCC(c1ccccc1)c1c[nH]c2ccccc12. The molecular weight excluding hydrogens is 368 g/mol. The highest BCUT2D eigenvalue weighted by atomic mass is 35.5. The number of hydrogen-bond acceptors (Lipinski definition) is 1. The average molecular weight is 389 g/mol. The van der Waals surface area contributed by atoms with Crippen molar-refractivity contribution in [3.05, 3.63) is 107 Å². The lowest BCUT2D eigenvalue weighted by atomic mass is 9.91. The summed E-state index contributed by atoms with van der Waals surface area (Å²) in [5, 5.41) is 4.97. The monoisotopic (exact) mass is 388 g/mol. The van der Waals surface area contributed by atoms with Crippen LogP contribution in [-0.2, 0) is 11.2 Å². The second-order valence-corrected chi connectivity index (χ2v) is 7.30. The normalized spacial score (nSPS) is 12.0. The zero-order valence-electron chi connectivity index (χ0n) is 15.4. The summed E-state index contributed by atoms with van der Waals surface area (Å²) in [5.41, 5.74) is 4.42. The summed E-state index contributed by atoms with van der Waals surface area (Å²) in [5.74, 6) is 0.0783. The zero-order chi connectivity index (χ0) is 19.3. The predicted octanol–water partition coefficient (Wildman–Crippen LogP) is 5.31. The van der Waals surface area contributed by atoms with Gasteiger partial charge in [-0.1, -0.05) is 72.3 Å². The van der Waals surface area contributed by atoms with Crippen LogP contribution in [0.2, 0.25) is 5.02 Å². The zero-order valence-corrected chi connectivity index (χ0v) is 16.1. The van der Waals surface area contributed by atoms with Gasteiger partial charge in [0.15, 0.2) is 0 Å². The number of aromatic nitrogens is 1. The second-order valence-electron chi connectivity index (χ2n) is 6.86. The fourth-order valence-corrected chi connectivity index (χ4v) is 3.67. The van der Waals surface area contributed by atoms with Crippen LogP contribution < -0.4 is 5.32 Å². The molecule has 28 heavy (non-hydrogen) atoms. The average Bonchev–Trinajstić information content (AvgIpc) is 3.15. The van der Waals surface area contributed by atoms with Crippen molar-refractivity contribution in [1.82, 2.24) is 10.3 Å². The summed E-state index contributed by atoms with van der Waals surface area (Å²) < 4.78 is 0. The number of para-hydroxylation sites is 1. The standard InChI is InChI=1S/C24H21ClN2O/c25-19-12-10-17(11-13-19)14-24(28)27-15-21(18-6-2-1-3-7-18)22-16-26-23-9-5-4-8-20(22)23/h1-13,16,21,26H,14-15H2,(H,27,28). The van der Waals surface area contributed by atoms with Gasteiger partial charge in [0, 0.05) is 34.6 Å². The lowest BCUT2D eigenvalue weighted by Gasteiger charge is -2.18. The van der Waals surface area contributed by atoms with Gasteiger partial charge >= 0.3 is 0 Å². The van der Waals surface area contributed by atoms with Gasteiger partial charge < -0.3 is 10.3 Å². The molecule has 0 spiro atoms. The molecule has 1 atom stereocenters. The molecule has 0 radical (unpaired) electrons. The number of aromatic amines is 1. The van der Waals surface area contributed by atoms with Gasteiger partial charge in [0.25, 0.3) is 0 Å². The van der Waals surface area contributed by atoms with Gasteiger partial charge in [-0.3, -0.25) is 4.79 Å². The number of H-pyrrole nitrogens is 1. The number of amides is 1. The number of carbonyl (C=O) groups excluding carboxylic acids is 1. The Morgan fingerprint density at radius 3 is 2.43 bits per heavy atom. The number of benzene rings is 3. The van der Waals surface area contributed by atoms with Crippen LogP contribution in [0.25, 0.3) is 10.9 Å². The van der Waals surface area contributed by atoms with E-state index in [0.29, 0.717) is 18.0 Å². The molecule has 2 N–H and O–H groups in total. The minimum absolute atomic E-state index is 0.00287. The van der Waals surface area contributed by atoms with Crippen LogP contribution >= 0.6 is 11.6 Å². The lowest BCUT2D eigenvalue weighted by molar-refractivity contribution is -0.120. The Bertz CT molecular complexity index is 1070. The molecule has 1 aromatic heterocycles. The third kappa shape index (κ3) is 4.10. The van der Waals surface area contributed by atoms with Gasteiger partial charge in [-0.2, -0.15) is 0 Å². The Hall–Kier alpha value is -3.04. The van der Waals surface area contributed by atoms with E-state index in [-0.39, 0.29) is 11.8 Å². The van der Waals surface area contributed by atoms with Gasteiger partial charge in [0.1, 0.15) is 0 Å². The number of rotatable bonds is 6. The maximum absolute atomic E-state index is 12.5. The van der Waals surface area contributed by atoms with Crippen molar-refractivity contribution in [3.63, 3.8) is 0 Å². The van der Waals surface area contributed by atoms with Gasteiger partial charge in [-0.05, 0) is 34.9 Å². The van der Waals surface area contributed by atoms with Crippen LogP contribution in [0.1, 0.15) is 22.6 Å². The van der Waals surface area contributed by atoms with Crippen LogP contribution in [0, 0.1) is 0 Å². The molecule has 1 amide bonds. The fourth-order valence-electron chi connectivity index (χ4n) is 3.54. The van der Waals surface area contributed by atoms with Gasteiger partial charge in [0.05, 0.1) is 6.42 Å². The maximum atomic E-state index is 12.5. The van der Waals surface area contributed by atoms with E-state index in [1.165, 1.54) is 16.5 Å². The first-order valence-electron chi connectivity index (χ1n) is 9.33. The first-order valence-corrected chi connectivity index (χ1v) is 9.70. The number of nitrogens with one attached hydrogen (secondary N) is 2. The van der Waals surface area contributed by atoms with Crippen molar-refractivity contribution in [2.24, 2.45) is 0 Å². The van der Waals surface area contributed by atoms with E-state index in [0.717, 1.165) is 11.1 Å². The Morgan fingerprint density at radius 1 is 0.929 bits per heavy atom. The Balaban J connectivity index is 1.55. The highest BCUT2D eigenvalue weighted by Crippen LogP contribution is 2.30. The number of fused-ring (bicyclic) bond motifs is 1. The molecule has 1 heterocycles. The van der Waals surface area contributed by atoms with Gasteiger partial charge in [-0.25, -0.2) is 0 Å². The summed E-state index contributed by atoms with van der Waals surface area (Å²) in [6.45, 7) is 0.540. The fraction of sp³-hybridized carbons (Fsp3) is 0.125. The third-order valence-electron chi connectivity index (χ3n) is 4.98. The third-order valence-corrected chi connectivity index (χ3v) is 5.23.